The molecule has 1 heterocycles. The number of carbonyl (C=O) groups is 1. The molecule has 30 heavy (non-hydrogen) atoms. The minimum absolute atomic E-state index is 0.150. The van der Waals surface area contributed by atoms with Gasteiger partial charge in [-0.05, 0) is 48.9 Å². The summed E-state index contributed by atoms with van der Waals surface area (Å²) >= 11 is 1.54. The van der Waals surface area contributed by atoms with Crippen molar-refractivity contribution in [3.63, 3.8) is 0 Å². The van der Waals surface area contributed by atoms with Crippen LogP contribution >= 0.6 is 11.8 Å². The number of nitrogens with zero attached hydrogens (tertiary/aromatic N) is 1. The summed E-state index contributed by atoms with van der Waals surface area (Å²) in [7, 11) is 0. The smallest absolute Gasteiger partial charge is 0.251 e. The molecule has 1 aliphatic heterocycles. The lowest BCUT2D eigenvalue weighted by Crippen LogP contribution is -2.24. The molecule has 6 heteroatoms. The molecule has 3 nitrogen and oxygen atoms in total. The SMILES string of the molecule is CCCCNC(=O)c1ccc2c(c1)N=C(c1ccc(F)c(F)c1)c1ccccc1S2. The van der Waals surface area contributed by atoms with Crippen LogP contribution in [0.2, 0.25) is 0 Å². The number of nitrogens with one attached hydrogen (secondary N) is 1. The van der Waals surface area contributed by atoms with Crippen LogP contribution in [0.3, 0.4) is 0 Å². The number of carbonyl (C=O) groups excluding carboxylic acids is 1. The van der Waals surface area contributed by atoms with Crippen LogP contribution in [-0.4, -0.2) is 18.2 Å². The zero-order chi connectivity index (χ0) is 21.1. The maximum atomic E-state index is 13.9. The molecule has 152 valence electrons. The van der Waals surface area contributed by atoms with Crippen molar-refractivity contribution < 1.29 is 13.6 Å². The van der Waals surface area contributed by atoms with E-state index in [0.29, 0.717) is 29.1 Å². The van der Waals surface area contributed by atoms with Crippen LogP contribution in [0.5, 0.6) is 0 Å². The standard InChI is InChI=1S/C24H20F2N2OS/c1-2-3-12-27-24(29)16-9-11-22-20(14-16)28-23(15-8-10-18(25)19(26)13-15)17-6-4-5-7-21(17)30-22/h4-11,13-14H,2-3,12H2,1H3,(H,27,29). The molecule has 1 N–H and O–H groups in total. The topological polar surface area (TPSA) is 41.5 Å². The molecule has 0 aromatic heterocycles. The fraction of sp³-hybridized carbons (Fsp3) is 0.167. The Morgan fingerprint density at radius 2 is 1.83 bits per heavy atom. The molecule has 0 unspecified atom stereocenters. The van der Waals surface area contributed by atoms with Crippen LogP contribution in [0.4, 0.5) is 14.5 Å². The van der Waals surface area contributed by atoms with E-state index in [1.807, 2.05) is 30.3 Å². The second kappa shape index (κ2) is 8.79. The third-order valence-electron chi connectivity index (χ3n) is 4.82. The molecule has 0 saturated heterocycles. The predicted octanol–water partition coefficient (Wildman–Crippen LogP) is 6.13. The molecule has 4 rings (SSSR count). The Bertz CT molecular complexity index is 1140. The minimum atomic E-state index is -0.922. The zero-order valence-corrected chi connectivity index (χ0v) is 17.2. The Kier molecular flexibility index (Phi) is 5.95. The summed E-state index contributed by atoms with van der Waals surface area (Å²) in [6.07, 6.45) is 1.92. The number of hydrogen-bond donors (Lipinski definition) is 1. The molecule has 0 radical (unpaired) electrons. The van der Waals surface area contributed by atoms with Crippen LogP contribution in [0.15, 0.2) is 75.4 Å². The second-order valence-electron chi connectivity index (χ2n) is 6.98. The molecule has 0 aliphatic carbocycles. The normalized spacial score (nSPS) is 12.4. The summed E-state index contributed by atoms with van der Waals surface area (Å²) in [5.74, 6) is -1.97. The molecule has 3 aromatic carbocycles. The second-order valence-corrected chi connectivity index (χ2v) is 8.06. The Morgan fingerprint density at radius 3 is 2.63 bits per heavy atom. The van der Waals surface area contributed by atoms with E-state index in [1.54, 1.807) is 12.1 Å². The summed E-state index contributed by atoms with van der Waals surface area (Å²) in [5.41, 5.74) is 2.99. The van der Waals surface area contributed by atoms with Gasteiger partial charge < -0.3 is 5.32 Å². The molecule has 0 saturated carbocycles. The summed E-state index contributed by atoms with van der Waals surface area (Å²) < 4.78 is 27.4. The lowest BCUT2D eigenvalue weighted by molar-refractivity contribution is 0.0953. The monoisotopic (exact) mass is 422 g/mol. The van der Waals surface area contributed by atoms with Crippen molar-refractivity contribution in [1.29, 1.82) is 0 Å². The van der Waals surface area contributed by atoms with E-state index in [4.69, 9.17) is 4.99 Å². The first-order chi connectivity index (χ1) is 14.6. The Labute approximate surface area is 178 Å². The number of unbranched alkanes of at least 4 members (excludes halogenated alkanes) is 1. The first kappa shape index (κ1) is 20.3. The Balaban J connectivity index is 1.80. The molecule has 1 amide bonds. The van der Waals surface area contributed by atoms with Crippen LogP contribution in [0, 0.1) is 11.6 Å². The third-order valence-corrected chi connectivity index (χ3v) is 5.97. The quantitative estimate of drug-likeness (QED) is 0.393. The number of rotatable bonds is 5. The van der Waals surface area contributed by atoms with Gasteiger partial charge in [0.2, 0.25) is 0 Å². The van der Waals surface area contributed by atoms with E-state index >= 15 is 0 Å². The Hall–Kier alpha value is -2.99. The van der Waals surface area contributed by atoms with Crippen molar-refractivity contribution in [3.05, 3.63) is 89.0 Å². The lowest BCUT2D eigenvalue weighted by atomic mass is 10.0. The van der Waals surface area contributed by atoms with Gasteiger partial charge in [0, 0.05) is 33.0 Å². The van der Waals surface area contributed by atoms with Crippen LogP contribution in [-0.2, 0) is 0 Å². The summed E-state index contributed by atoms with van der Waals surface area (Å²) in [6.45, 7) is 2.69. The number of benzene rings is 3. The molecule has 3 aromatic rings. The maximum absolute atomic E-state index is 13.9. The average Bonchev–Trinajstić information content (AvgIpc) is 2.92. The molecular weight excluding hydrogens is 402 g/mol. The average molecular weight is 423 g/mol. The first-order valence-corrected chi connectivity index (χ1v) is 10.6. The maximum Gasteiger partial charge on any atom is 0.251 e. The summed E-state index contributed by atoms with van der Waals surface area (Å²) in [4.78, 5) is 19.1. The van der Waals surface area contributed by atoms with E-state index < -0.39 is 11.6 Å². The van der Waals surface area contributed by atoms with Gasteiger partial charge in [-0.2, -0.15) is 0 Å². The van der Waals surface area contributed by atoms with Gasteiger partial charge in [-0.15, -0.1) is 0 Å². The van der Waals surface area contributed by atoms with Gasteiger partial charge in [0.25, 0.3) is 5.91 Å². The number of amides is 1. The Morgan fingerprint density at radius 1 is 1.00 bits per heavy atom. The molecular formula is C24H20F2N2OS. The van der Waals surface area contributed by atoms with Gasteiger partial charge in [0.15, 0.2) is 11.6 Å². The zero-order valence-electron chi connectivity index (χ0n) is 16.4. The highest BCUT2D eigenvalue weighted by Gasteiger charge is 2.20. The molecule has 0 fully saturated rings. The van der Waals surface area contributed by atoms with E-state index in [0.717, 1.165) is 40.3 Å². The number of hydrogen-bond acceptors (Lipinski definition) is 3. The largest absolute Gasteiger partial charge is 0.352 e. The lowest BCUT2D eigenvalue weighted by Gasteiger charge is -2.09. The summed E-state index contributed by atoms with van der Waals surface area (Å²) in [5, 5.41) is 2.91. The fourth-order valence-corrected chi connectivity index (χ4v) is 4.23. The van der Waals surface area contributed by atoms with E-state index in [2.05, 4.69) is 12.2 Å². The van der Waals surface area contributed by atoms with E-state index in [1.165, 1.54) is 17.8 Å². The van der Waals surface area contributed by atoms with Gasteiger partial charge in [-0.3, -0.25) is 4.79 Å². The number of aliphatic imine (C=N–C) groups is 1. The van der Waals surface area contributed by atoms with Crippen molar-refractivity contribution in [2.45, 2.75) is 29.6 Å². The van der Waals surface area contributed by atoms with Gasteiger partial charge >= 0.3 is 0 Å². The van der Waals surface area contributed by atoms with Crippen LogP contribution in [0.25, 0.3) is 0 Å². The van der Waals surface area contributed by atoms with Crippen molar-refractivity contribution in [1.82, 2.24) is 5.32 Å². The summed E-state index contributed by atoms with van der Waals surface area (Å²) in [6, 6.07) is 16.9. The van der Waals surface area contributed by atoms with Crippen molar-refractivity contribution in [3.8, 4) is 0 Å². The fourth-order valence-electron chi connectivity index (χ4n) is 3.23. The van der Waals surface area contributed by atoms with Gasteiger partial charge in [-0.1, -0.05) is 43.3 Å². The van der Waals surface area contributed by atoms with E-state index in [9.17, 15) is 13.6 Å². The first-order valence-electron chi connectivity index (χ1n) is 9.80. The van der Waals surface area contributed by atoms with E-state index in [-0.39, 0.29) is 5.91 Å². The highest BCUT2D eigenvalue weighted by Crippen LogP contribution is 2.41. The number of halogens is 2. The van der Waals surface area contributed by atoms with Gasteiger partial charge in [-0.25, -0.2) is 13.8 Å². The highest BCUT2D eigenvalue weighted by atomic mass is 32.2. The van der Waals surface area contributed by atoms with Crippen LogP contribution in [0.1, 0.15) is 41.3 Å². The molecule has 0 spiro atoms. The predicted molar refractivity (Wildman–Crippen MR) is 116 cm³/mol. The third kappa shape index (κ3) is 4.14. The van der Waals surface area contributed by atoms with Crippen molar-refractivity contribution in [2.75, 3.05) is 6.54 Å². The molecule has 1 aliphatic rings. The highest BCUT2D eigenvalue weighted by molar-refractivity contribution is 7.99. The van der Waals surface area contributed by atoms with Crippen molar-refractivity contribution >= 4 is 29.1 Å². The molecule has 0 bridgehead atoms. The van der Waals surface area contributed by atoms with Gasteiger partial charge in [0.05, 0.1) is 11.4 Å². The van der Waals surface area contributed by atoms with Crippen LogP contribution < -0.4 is 5.32 Å². The number of fused-ring (bicyclic) bond motifs is 2. The van der Waals surface area contributed by atoms with Crippen molar-refractivity contribution in [2.24, 2.45) is 4.99 Å². The minimum Gasteiger partial charge on any atom is -0.352 e. The van der Waals surface area contributed by atoms with Gasteiger partial charge in [0.1, 0.15) is 0 Å². The molecule has 0 atom stereocenters.